The summed E-state index contributed by atoms with van der Waals surface area (Å²) in [6, 6.07) is 15.1. The third-order valence-electron chi connectivity index (χ3n) is 12.1. The van der Waals surface area contributed by atoms with Gasteiger partial charge in [-0.15, -0.1) is 0 Å². The monoisotopic (exact) mass is 1000 g/mol. The fourth-order valence-electron chi connectivity index (χ4n) is 8.49. The quantitative estimate of drug-likeness (QED) is 0.0910. The molecule has 2 aliphatic rings. The molecule has 2 fully saturated rings. The van der Waals surface area contributed by atoms with Crippen LogP contribution in [0, 0.1) is 0 Å². The molecule has 6 aromatic rings. The third kappa shape index (κ3) is 12.3. The summed E-state index contributed by atoms with van der Waals surface area (Å²) in [5, 5.41) is 33.3. The number of aromatic nitrogens is 6. The molecule has 0 saturated carbocycles. The number of nitrogens with zero attached hydrogens (tertiary/aromatic N) is 8. The number of ether oxygens (including phenoxy) is 2. The summed E-state index contributed by atoms with van der Waals surface area (Å²) >= 11 is 12.9. The van der Waals surface area contributed by atoms with E-state index in [1.165, 1.54) is 23.2 Å². The minimum atomic E-state index is -0.320. The average Bonchev–Trinajstić information content (AvgIpc) is 3.36. The predicted molar refractivity (Wildman–Crippen MR) is 269 cm³/mol. The lowest BCUT2D eigenvalue weighted by molar-refractivity contribution is -0.123. The SMILES string of the molecule is CNC(=O)COc1cc2cc(Cc3nc(N4C[C@@H](CO)N[C@@H](C)C4)ncc3Cl)ccc2n(C)c1=O.CNC(=O)COc1cc2cc(Cc3nc(N4C[C@H](CO)N[C@@H](C)C4)ncc3Cl)ccc2n(C)c1=O. The Labute approximate surface area is 414 Å². The van der Waals surface area contributed by atoms with Crippen molar-refractivity contribution in [2.45, 2.75) is 50.9 Å². The van der Waals surface area contributed by atoms with Gasteiger partial charge in [-0.05, 0) is 61.4 Å². The molecule has 6 N–H and O–H groups in total. The Balaban J connectivity index is 0.000000206. The summed E-state index contributed by atoms with van der Waals surface area (Å²) in [6.07, 6.45) is 4.14. The molecule has 0 aliphatic carbocycles. The molecule has 2 aromatic carbocycles. The second-order valence-electron chi connectivity index (χ2n) is 17.4. The molecule has 4 atom stereocenters. The van der Waals surface area contributed by atoms with E-state index in [0.29, 0.717) is 59.3 Å². The van der Waals surface area contributed by atoms with Crippen molar-refractivity contribution >= 4 is 68.7 Å². The molecule has 2 aliphatic heterocycles. The number of pyridine rings is 2. The van der Waals surface area contributed by atoms with Gasteiger partial charge in [0, 0.05) is 102 Å². The molecule has 22 heteroatoms. The van der Waals surface area contributed by atoms with Crippen molar-refractivity contribution < 1.29 is 29.3 Å². The third-order valence-corrected chi connectivity index (χ3v) is 12.7. The standard InChI is InChI=1S/2C24H29ClN6O4/c2*1-14-10-31(11-17(12-32)28-14)24-27-9-18(25)19(29-24)7-15-4-5-20-16(6-15)8-21(23(34)30(20)3)35-13-22(33)26-2/h2*4-6,8-9,14,17,28,32H,7,10-13H2,1-3H3,(H,26,33)/t14-,17+;14-,17-/m00/s1. The van der Waals surface area contributed by atoms with E-state index in [4.69, 9.17) is 42.6 Å². The second kappa shape index (κ2) is 23.0. The van der Waals surface area contributed by atoms with Crippen LogP contribution in [0.3, 0.4) is 0 Å². The van der Waals surface area contributed by atoms with Gasteiger partial charge in [-0.1, -0.05) is 35.3 Å². The van der Waals surface area contributed by atoms with Crippen molar-refractivity contribution in [1.82, 2.24) is 50.3 Å². The largest absolute Gasteiger partial charge is 0.478 e. The number of carbonyl (C=O) groups is 2. The summed E-state index contributed by atoms with van der Waals surface area (Å²) in [5.41, 5.74) is 4.11. The van der Waals surface area contributed by atoms with Crippen LogP contribution in [-0.4, -0.2) is 142 Å². The number of hydrogen-bond donors (Lipinski definition) is 6. The number of benzene rings is 2. The number of fused-ring (bicyclic) bond motifs is 2. The van der Waals surface area contributed by atoms with Crippen molar-refractivity contribution in [2.75, 3.05) is 76.5 Å². The Morgan fingerprint density at radius 2 is 1.07 bits per heavy atom. The Bertz CT molecular complexity index is 2790. The average molecular weight is 1000 g/mol. The van der Waals surface area contributed by atoms with Gasteiger partial charge >= 0.3 is 0 Å². The molecule has 70 heavy (non-hydrogen) atoms. The molecular formula is C48H58Cl2N12O8. The molecular weight excluding hydrogens is 944 g/mol. The number of hydrogen-bond acceptors (Lipinski definition) is 16. The zero-order valence-electron chi connectivity index (χ0n) is 39.8. The number of aliphatic hydroxyl groups excluding tert-OH is 2. The number of aryl methyl sites for hydroxylation is 2. The Morgan fingerprint density at radius 1 is 0.671 bits per heavy atom. The number of halogens is 2. The van der Waals surface area contributed by atoms with Crippen LogP contribution in [0.25, 0.3) is 21.8 Å². The van der Waals surface area contributed by atoms with E-state index in [1.807, 2.05) is 46.2 Å². The maximum Gasteiger partial charge on any atom is 0.293 e. The molecule has 0 unspecified atom stereocenters. The summed E-state index contributed by atoms with van der Waals surface area (Å²) in [6.45, 7) is 6.36. The highest BCUT2D eigenvalue weighted by Gasteiger charge is 2.27. The predicted octanol–water partition coefficient (Wildman–Crippen LogP) is 1.71. The number of piperazine rings is 2. The summed E-state index contributed by atoms with van der Waals surface area (Å²) < 4.78 is 13.9. The van der Waals surface area contributed by atoms with Crippen molar-refractivity contribution in [3.8, 4) is 11.5 Å². The lowest BCUT2D eigenvalue weighted by Gasteiger charge is -2.37. The van der Waals surface area contributed by atoms with E-state index in [-0.39, 0.29) is 85.0 Å². The van der Waals surface area contributed by atoms with Gasteiger partial charge in [0.25, 0.3) is 22.9 Å². The van der Waals surface area contributed by atoms with E-state index in [9.17, 15) is 29.4 Å². The first-order valence-corrected chi connectivity index (χ1v) is 23.5. The van der Waals surface area contributed by atoms with Crippen molar-refractivity contribution in [3.05, 3.63) is 114 Å². The summed E-state index contributed by atoms with van der Waals surface area (Å²) in [5.74, 6) is 0.718. The minimum Gasteiger partial charge on any atom is -0.478 e. The minimum absolute atomic E-state index is 0.0374. The van der Waals surface area contributed by atoms with Gasteiger partial charge in [0.2, 0.25) is 11.9 Å². The summed E-state index contributed by atoms with van der Waals surface area (Å²) in [4.78, 5) is 70.7. The molecule has 6 heterocycles. The lowest BCUT2D eigenvalue weighted by Crippen LogP contribution is -2.57. The van der Waals surface area contributed by atoms with Gasteiger partial charge in [-0.25, -0.2) is 19.9 Å². The number of carbonyl (C=O) groups excluding carboxylic acids is 2. The Morgan fingerprint density at radius 3 is 1.44 bits per heavy atom. The topological polar surface area (TPSA) is 243 Å². The van der Waals surface area contributed by atoms with Crippen molar-refractivity contribution in [1.29, 1.82) is 0 Å². The van der Waals surface area contributed by atoms with Crippen LogP contribution in [0.5, 0.6) is 11.5 Å². The molecule has 0 bridgehead atoms. The molecule has 0 radical (unpaired) electrons. The molecule has 2 amide bonds. The van der Waals surface area contributed by atoms with Crippen LogP contribution >= 0.6 is 23.2 Å². The fourth-order valence-corrected chi connectivity index (χ4v) is 8.81. The Kier molecular flexibility index (Phi) is 16.9. The van der Waals surface area contributed by atoms with Crippen molar-refractivity contribution in [3.63, 3.8) is 0 Å². The maximum atomic E-state index is 12.6. The highest BCUT2D eigenvalue weighted by Crippen LogP contribution is 2.26. The zero-order chi connectivity index (χ0) is 50.2. The fraction of sp³-hybridized carbons (Fsp3) is 0.417. The van der Waals surface area contributed by atoms with Gasteiger partial charge in [0.15, 0.2) is 24.7 Å². The first-order chi connectivity index (χ1) is 33.6. The zero-order valence-corrected chi connectivity index (χ0v) is 41.3. The van der Waals surface area contributed by atoms with Crippen LogP contribution in [0.15, 0.2) is 70.5 Å². The number of nitrogens with one attached hydrogen (secondary N) is 4. The first kappa shape index (κ1) is 51.4. The number of anilines is 2. The van der Waals surface area contributed by atoms with Gasteiger partial charge in [0.1, 0.15) is 0 Å². The molecule has 20 nitrogen and oxygen atoms in total. The van der Waals surface area contributed by atoms with Crippen LogP contribution in [0.4, 0.5) is 11.9 Å². The van der Waals surface area contributed by atoms with Crippen molar-refractivity contribution in [2.24, 2.45) is 14.1 Å². The highest BCUT2D eigenvalue weighted by atomic mass is 35.5. The van der Waals surface area contributed by atoms with E-state index in [2.05, 4.69) is 45.1 Å². The normalized spacial score (nSPS) is 18.0. The molecule has 2 saturated heterocycles. The maximum absolute atomic E-state index is 12.6. The smallest absolute Gasteiger partial charge is 0.293 e. The van der Waals surface area contributed by atoms with E-state index in [0.717, 1.165) is 46.0 Å². The van der Waals surface area contributed by atoms with Crippen LogP contribution in [-0.2, 0) is 36.5 Å². The lowest BCUT2D eigenvalue weighted by atomic mass is 10.1. The van der Waals surface area contributed by atoms with Crippen LogP contribution < -0.4 is 51.7 Å². The van der Waals surface area contributed by atoms with Gasteiger partial charge in [-0.3, -0.25) is 19.2 Å². The Hall–Kier alpha value is -6.42. The van der Waals surface area contributed by atoms with E-state index < -0.39 is 0 Å². The first-order valence-electron chi connectivity index (χ1n) is 22.8. The van der Waals surface area contributed by atoms with Gasteiger partial charge in [0.05, 0.1) is 58.1 Å². The number of rotatable bonds is 14. The van der Waals surface area contributed by atoms with E-state index in [1.54, 1.807) is 38.6 Å². The molecule has 8 rings (SSSR count). The van der Waals surface area contributed by atoms with Crippen LogP contribution in [0.1, 0.15) is 36.4 Å². The number of amides is 2. The number of aliphatic hydroxyl groups is 2. The van der Waals surface area contributed by atoms with Crippen LogP contribution in [0.2, 0.25) is 10.0 Å². The van der Waals surface area contributed by atoms with Gasteiger partial charge < -0.3 is 59.9 Å². The van der Waals surface area contributed by atoms with E-state index >= 15 is 0 Å². The second-order valence-corrected chi connectivity index (χ2v) is 18.3. The molecule has 4 aromatic heterocycles. The number of likely N-dealkylation sites (N-methyl/N-ethyl adjacent to an activating group) is 2. The van der Waals surface area contributed by atoms with Gasteiger partial charge in [-0.2, -0.15) is 0 Å². The summed E-state index contributed by atoms with van der Waals surface area (Å²) in [7, 11) is 6.35. The molecule has 0 spiro atoms. The highest BCUT2D eigenvalue weighted by molar-refractivity contribution is 6.31. The molecule has 372 valence electrons.